The predicted octanol–water partition coefficient (Wildman–Crippen LogP) is 7.82. The Kier molecular flexibility index (Phi) is 4.48. The second-order valence-electron chi connectivity index (χ2n) is 11.0. The van der Waals surface area contributed by atoms with Crippen LogP contribution in [0.5, 0.6) is 0 Å². The molecule has 1 heterocycles. The van der Waals surface area contributed by atoms with Gasteiger partial charge in [-0.2, -0.15) is 0 Å². The number of rotatable bonds is 3. The van der Waals surface area contributed by atoms with Gasteiger partial charge in [0, 0.05) is 0 Å². The van der Waals surface area contributed by atoms with Crippen LogP contribution in [-0.4, -0.2) is 9.04 Å². The van der Waals surface area contributed by atoms with Crippen LogP contribution in [0.25, 0.3) is 32.3 Å². The minimum Gasteiger partial charge on any atom is -0.401 e. The van der Waals surface area contributed by atoms with Gasteiger partial charge in [-0.05, 0) is 48.7 Å². The largest absolute Gasteiger partial charge is 0.401 e. The molecule has 0 atom stereocenters. The Labute approximate surface area is 187 Å². The van der Waals surface area contributed by atoms with Gasteiger partial charge in [0.05, 0.1) is 5.60 Å². The van der Waals surface area contributed by atoms with Gasteiger partial charge < -0.3 is 4.43 Å². The molecule has 158 valence electrons. The monoisotopic (exact) mass is 424 g/mol. The fourth-order valence-electron chi connectivity index (χ4n) is 6.09. The van der Waals surface area contributed by atoms with Gasteiger partial charge in [0.1, 0.15) is 0 Å². The Morgan fingerprint density at radius 1 is 0.613 bits per heavy atom. The summed E-state index contributed by atoms with van der Waals surface area (Å²) in [5.41, 5.74) is 5.29. The molecule has 1 aliphatic heterocycles. The highest BCUT2D eigenvalue weighted by molar-refractivity contribution is 6.64. The van der Waals surface area contributed by atoms with E-state index in [2.05, 4.69) is 120 Å². The van der Waals surface area contributed by atoms with Crippen LogP contribution in [0.3, 0.4) is 0 Å². The molecule has 0 N–H and O–H groups in total. The lowest BCUT2D eigenvalue weighted by atomic mass is 9.59. The van der Waals surface area contributed by atoms with Gasteiger partial charge >= 0.3 is 0 Å². The molecule has 0 aliphatic carbocycles. The smallest absolute Gasteiger partial charge is 0.226 e. The zero-order valence-corrected chi connectivity index (χ0v) is 20.6. The van der Waals surface area contributed by atoms with Gasteiger partial charge in [0.25, 0.3) is 0 Å². The summed E-state index contributed by atoms with van der Waals surface area (Å²) < 4.78 is 7.27. The molecule has 0 saturated carbocycles. The third kappa shape index (κ3) is 2.92. The van der Waals surface area contributed by atoms with Gasteiger partial charge in [-0.3, -0.25) is 0 Å². The van der Waals surface area contributed by atoms with Gasteiger partial charge in [-0.15, -0.1) is 0 Å². The summed E-state index contributed by atoms with van der Waals surface area (Å²) in [5, 5.41) is 7.98. The van der Waals surface area contributed by atoms with E-state index in [1.165, 1.54) is 37.9 Å². The van der Waals surface area contributed by atoms with Crippen molar-refractivity contribution in [3.05, 3.63) is 83.7 Å². The summed E-state index contributed by atoms with van der Waals surface area (Å²) in [5.74, 6) is 0. The summed E-state index contributed by atoms with van der Waals surface area (Å²) in [6.45, 7) is 14.0. The van der Waals surface area contributed by atoms with Crippen LogP contribution in [0.2, 0.25) is 0 Å². The Morgan fingerprint density at radius 3 is 1.71 bits per heavy atom. The Bertz CT molecular complexity index is 1290. The molecule has 31 heavy (non-hydrogen) atoms. The van der Waals surface area contributed by atoms with Crippen molar-refractivity contribution < 1.29 is 4.43 Å². The first-order valence-corrected chi connectivity index (χ1v) is 13.1. The van der Waals surface area contributed by atoms with Crippen molar-refractivity contribution in [2.75, 3.05) is 0 Å². The van der Waals surface area contributed by atoms with Crippen LogP contribution >= 0.6 is 0 Å². The van der Waals surface area contributed by atoms with Gasteiger partial charge in [-0.25, -0.2) is 0 Å². The molecule has 0 unspecified atom stereocenters. The molecule has 0 fully saturated rings. The van der Waals surface area contributed by atoms with Crippen molar-refractivity contribution >= 4 is 41.4 Å². The van der Waals surface area contributed by atoms with Crippen molar-refractivity contribution in [3.8, 4) is 0 Å². The molecule has 0 bridgehead atoms. The molecule has 0 saturated heterocycles. The third-order valence-electron chi connectivity index (χ3n) is 7.05. The van der Waals surface area contributed by atoms with Crippen LogP contribution in [0.15, 0.2) is 78.1 Å². The molecule has 0 amide bonds. The van der Waals surface area contributed by atoms with Crippen LogP contribution < -0.4 is 0 Å². The quantitative estimate of drug-likeness (QED) is 0.241. The summed E-state index contributed by atoms with van der Waals surface area (Å²) >= 11 is 0. The van der Waals surface area contributed by atoms with E-state index in [0.717, 1.165) is 0 Å². The summed E-state index contributed by atoms with van der Waals surface area (Å²) in [6, 6.07) is 20.4. The Hall–Kier alpha value is -2.42. The molecule has 0 radical (unpaired) electrons. The topological polar surface area (TPSA) is 9.23 Å². The lowest BCUT2D eigenvalue weighted by Gasteiger charge is -2.55. The zero-order chi connectivity index (χ0) is 22.0. The van der Waals surface area contributed by atoms with Crippen molar-refractivity contribution in [3.63, 3.8) is 0 Å². The fourth-order valence-corrected chi connectivity index (χ4v) is 8.31. The van der Waals surface area contributed by atoms with E-state index < -0.39 is 14.6 Å². The predicted molar refractivity (Wildman–Crippen MR) is 137 cm³/mol. The van der Waals surface area contributed by atoms with E-state index in [1.807, 2.05) is 0 Å². The highest BCUT2D eigenvalue weighted by Gasteiger charge is 2.54. The zero-order valence-electron chi connectivity index (χ0n) is 19.5. The third-order valence-corrected chi connectivity index (χ3v) is 8.87. The van der Waals surface area contributed by atoms with E-state index in [0.29, 0.717) is 0 Å². The summed E-state index contributed by atoms with van der Waals surface area (Å²) in [4.78, 5) is 0. The fraction of sp³-hybridized carbons (Fsp3) is 0.310. The van der Waals surface area contributed by atoms with Crippen LogP contribution in [0, 0.1) is 10.8 Å². The number of hydrogen-bond donors (Lipinski definition) is 0. The van der Waals surface area contributed by atoms with E-state index in [4.69, 9.17) is 4.43 Å². The van der Waals surface area contributed by atoms with Crippen molar-refractivity contribution in [1.82, 2.24) is 0 Å². The van der Waals surface area contributed by atoms with Crippen LogP contribution in [-0.2, 0) is 10.0 Å². The van der Waals surface area contributed by atoms with Crippen LogP contribution in [0.4, 0.5) is 0 Å². The Morgan fingerprint density at radius 2 is 1.13 bits per heavy atom. The van der Waals surface area contributed by atoms with Gasteiger partial charge in [0.15, 0.2) is 0 Å². The lowest BCUT2D eigenvalue weighted by Crippen LogP contribution is -2.54. The number of allylic oxidation sites excluding steroid dienone is 2. The second kappa shape index (κ2) is 6.79. The maximum absolute atomic E-state index is 7.27. The number of benzene rings is 4. The maximum atomic E-state index is 7.27. The standard InChI is InChI=1S/C29H32OSi/c1-27(2,3)29(28(4,5)6,30-31-18-7-8-19-31)24-17-15-22-13-12-20-10-9-11-21-14-16-23(24)26(22)25(20)21/h7-19,31H,1-6H3. The van der Waals surface area contributed by atoms with E-state index >= 15 is 0 Å². The molecule has 4 aromatic carbocycles. The number of hydrogen-bond acceptors (Lipinski definition) is 1. The van der Waals surface area contributed by atoms with E-state index in [-0.39, 0.29) is 10.8 Å². The molecule has 0 spiro atoms. The van der Waals surface area contributed by atoms with Crippen molar-refractivity contribution in [2.45, 2.75) is 47.1 Å². The first-order valence-electron chi connectivity index (χ1n) is 11.3. The highest BCUT2D eigenvalue weighted by Crippen LogP contribution is 2.57. The molecule has 1 nitrogen and oxygen atoms in total. The SMILES string of the molecule is CC(C)(C)C(O[SiH]1C=CC=C1)(c1ccc2ccc3cccc4ccc1c2c34)C(C)(C)C. The Balaban J connectivity index is 1.91. The summed E-state index contributed by atoms with van der Waals surface area (Å²) in [7, 11) is -1.59. The minimum atomic E-state index is -1.59. The van der Waals surface area contributed by atoms with Gasteiger partial charge in [0.2, 0.25) is 9.04 Å². The molecule has 2 heteroatoms. The van der Waals surface area contributed by atoms with E-state index in [9.17, 15) is 0 Å². The van der Waals surface area contributed by atoms with E-state index in [1.54, 1.807) is 0 Å². The lowest BCUT2D eigenvalue weighted by molar-refractivity contribution is -0.122. The normalized spacial score (nSPS) is 15.8. The minimum absolute atomic E-state index is 0.0919. The molecular formula is C29H32OSi. The summed E-state index contributed by atoms with van der Waals surface area (Å²) in [6.07, 6.45) is 4.30. The molecule has 0 aromatic heterocycles. The molecule has 1 aliphatic rings. The molecule has 5 rings (SSSR count). The second-order valence-corrected chi connectivity index (χ2v) is 12.9. The van der Waals surface area contributed by atoms with Crippen molar-refractivity contribution in [1.29, 1.82) is 0 Å². The van der Waals surface area contributed by atoms with Crippen molar-refractivity contribution in [2.24, 2.45) is 10.8 Å². The maximum Gasteiger partial charge on any atom is 0.226 e. The molecule has 4 aromatic rings. The average molecular weight is 425 g/mol. The first-order chi connectivity index (χ1) is 14.6. The molecular weight excluding hydrogens is 392 g/mol. The van der Waals surface area contributed by atoms with Gasteiger partial charge in [-0.1, -0.05) is 120 Å². The van der Waals surface area contributed by atoms with Crippen LogP contribution in [0.1, 0.15) is 47.1 Å². The first kappa shape index (κ1) is 20.5. The average Bonchev–Trinajstić information content (AvgIpc) is 3.22. The highest BCUT2D eigenvalue weighted by atomic mass is 28.3.